The summed E-state index contributed by atoms with van der Waals surface area (Å²) >= 11 is 0. The number of esters is 1. The van der Waals surface area contributed by atoms with Crippen LogP contribution in [-0.4, -0.2) is 44.8 Å². The van der Waals surface area contributed by atoms with E-state index in [1.165, 1.54) is 70.6 Å². The predicted molar refractivity (Wildman–Crippen MR) is 139 cm³/mol. The van der Waals surface area contributed by atoms with Crippen molar-refractivity contribution in [3.63, 3.8) is 0 Å². The van der Waals surface area contributed by atoms with Gasteiger partial charge in [0.1, 0.15) is 0 Å². The highest BCUT2D eigenvalue weighted by Crippen LogP contribution is 2.24. The van der Waals surface area contributed by atoms with Gasteiger partial charge in [-0.05, 0) is 32.1 Å². The molecular weight excluding hydrogens is 464 g/mol. The lowest BCUT2D eigenvalue weighted by Gasteiger charge is -2.26. The molecule has 0 fully saturated rings. The van der Waals surface area contributed by atoms with Crippen LogP contribution in [0, 0.1) is 0 Å². The molecule has 0 atom stereocenters. The van der Waals surface area contributed by atoms with Crippen LogP contribution < -0.4 is 0 Å². The summed E-state index contributed by atoms with van der Waals surface area (Å²) in [5.41, 5.74) is -2.58. The van der Waals surface area contributed by atoms with E-state index in [1.54, 1.807) is 0 Å². The molecule has 0 amide bonds. The molecule has 36 heavy (non-hydrogen) atoms. The van der Waals surface area contributed by atoms with E-state index in [-0.39, 0.29) is 6.42 Å². The first kappa shape index (κ1) is 33.6. The zero-order valence-electron chi connectivity index (χ0n) is 22.2. The minimum atomic E-state index is -2.58. The van der Waals surface area contributed by atoms with E-state index in [2.05, 4.69) is 19.1 Å². The van der Waals surface area contributed by atoms with Gasteiger partial charge in [-0.2, -0.15) is 0 Å². The van der Waals surface area contributed by atoms with Crippen LogP contribution in [0.4, 0.5) is 0 Å². The summed E-state index contributed by atoms with van der Waals surface area (Å²) in [6.45, 7) is 2.24. The number of allylic oxidation sites excluding steroid dienone is 2. The van der Waals surface area contributed by atoms with Gasteiger partial charge in [-0.15, -0.1) is 0 Å². The van der Waals surface area contributed by atoms with Gasteiger partial charge in [0.15, 0.2) is 0 Å². The Morgan fingerprint density at radius 1 is 0.611 bits per heavy atom. The molecule has 0 rings (SSSR count). The largest absolute Gasteiger partial charge is 0.481 e. The molecular formula is C28H48O8. The molecule has 0 aliphatic carbocycles. The molecule has 0 aromatic rings. The Balaban J connectivity index is 3.77. The average molecular weight is 513 g/mol. The van der Waals surface area contributed by atoms with E-state index in [0.29, 0.717) is 6.42 Å². The smallest absolute Gasteiger partial charge is 0.349 e. The number of carboxylic acids is 3. The van der Waals surface area contributed by atoms with Gasteiger partial charge >= 0.3 is 23.9 Å². The standard InChI is InChI=1S/C28H48O8/c1-2-3-4-5-6-7-8-9-10-11-12-13-14-15-16-17-18-19-20-21-26(33)36-28(27(34)35,22-24(29)30)23-25(31)32/h9-10H,2-8,11-23H2,1H3,(H,29,30)(H,31,32)(H,34,35)/b10-9-. The number of hydrogen-bond donors (Lipinski definition) is 3. The van der Waals surface area contributed by atoms with Crippen molar-refractivity contribution in [2.45, 2.75) is 141 Å². The van der Waals surface area contributed by atoms with Crippen molar-refractivity contribution in [2.24, 2.45) is 0 Å². The maximum atomic E-state index is 12.0. The molecule has 0 saturated heterocycles. The van der Waals surface area contributed by atoms with Crippen LogP contribution in [0.5, 0.6) is 0 Å². The SMILES string of the molecule is CCCCCCCC/C=C\CCCCCCCCCCCC(=O)OC(CC(=O)O)(CC(=O)O)C(=O)O. The van der Waals surface area contributed by atoms with Crippen molar-refractivity contribution in [1.29, 1.82) is 0 Å². The normalized spacial score (nSPS) is 11.6. The lowest BCUT2D eigenvalue weighted by molar-refractivity contribution is -0.186. The van der Waals surface area contributed by atoms with Crippen LogP contribution in [-0.2, 0) is 23.9 Å². The Morgan fingerprint density at radius 2 is 1.00 bits per heavy atom. The first-order valence-corrected chi connectivity index (χ1v) is 13.8. The molecule has 208 valence electrons. The number of aliphatic carboxylic acids is 3. The molecule has 3 N–H and O–H groups in total. The Bertz CT molecular complexity index is 640. The minimum Gasteiger partial charge on any atom is -0.481 e. The highest BCUT2D eigenvalue weighted by atomic mass is 16.6. The van der Waals surface area contributed by atoms with E-state index in [1.807, 2.05) is 0 Å². The number of carbonyl (C=O) groups excluding carboxylic acids is 1. The fourth-order valence-electron chi connectivity index (χ4n) is 4.13. The van der Waals surface area contributed by atoms with Crippen molar-refractivity contribution in [1.82, 2.24) is 0 Å². The third kappa shape index (κ3) is 18.9. The number of carbonyl (C=O) groups is 4. The molecule has 0 aromatic heterocycles. The number of hydrogen-bond acceptors (Lipinski definition) is 5. The van der Waals surface area contributed by atoms with Crippen LogP contribution in [0.1, 0.15) is 135 Å². The predicted octanol–water partition coefficient (Wildman–Crippen LogP) is 6.90. The second-order valence-corrected chi connectivity index (χ2v) is 9.66. The molecule has 0 heterocycles. The van der Waals surface area contributed by atoms with Crippen molar-refractivity contribution < 1.29 is 39.2 Å². The van der Waals surface area contributed by atoms with Gasteiger partial charge in [0.25, 0.3) is 0 Å². The zero-order chi connectivity index (χ0) is 27.1. The second kappa shape index (κ2) is 21.9. The number of ether oxygens (including phenoxy) is 1. The van der Waals surface area contributed by atoms with Gasteiger partial charge < -0.3 is 20.1 Å². The summed E-state index contributed by atoms with van der Waals surface area (Å²) in [4.78, 5) is 45.5. The van der Waals surface area contributed by atoms with Gasteiger partial charge in [-0.3, -0.25) is 14.4 Å². The van der Waals surface area contributed by atoms with Gasteiger partial charge in [0, 0.05) is 6.42 Å². The molecule has 0 aliphatic rings. The first-order chi connectivity index (χ1) is 17.2. The highest BCUT2D eigenvalue weighted by molar-refractivity contribution is 5.90. The summed E-state index contributed by atoms with van der Waals surface area (Å²) in [6, 6.07) is 0. The van der Waals surface area contributed by atoms with Crippen molar-refractivity contribution in [3.8, 4) is 0 Å². The molecule has 8 nitrogen and oxygen atoms in total. The number of unbranched alkanes of at least 4 members (excludes halogenated alkanes) is 15. The highest BCUT2D eigenvalue weighted by Gasteiger charge is 2.47. The Hall–Kier alpha value is -2.38. The Morgan fingerprint density at radius 3 is 1.39 bits per heavy atom. The molecule has 0 aliphatic heterocycles. The maximum Gasteiger partial charge on any atom is 0.349 e. The van der Waals surface area contributed by atoms with E-state index < -0.39 is 42.3 Å². The fourth-order valence-corrected chi connectivity index (χ4v) is 4.13. The third-order valence-corrected chi connectivity index (χ3v) is 6.22. The van der Waals surface area contributed by atoms with Crippen LogP contribution >= 0.6 is 0 Å². The number of carboxylic acid groups (broad SMARTS) is 3. The quantitative estimate of drug-likeness (QED) is 0.0682. The first-order valence-electron chi connectivity index (χ1n) is 13.8. The van der Waals surface area contributed by atoms with Gasteiger partial charge in [0.2, 0.25) is 5.60 Å². The number of rotatable bonds is 25. The second-order valence-electron chi connectivity index (χ2n) is 9.66. The Labute approximate surface area is 216 Å². The van der Waals surface area contributed by atoms with E-state index in [4.69, 9.17) is 14.9 Å². The molecule has 0 radical (unpaired) electrons. The summed E-state index contributed by atoms with van der Waals surface area (Å²) in [5.74, 6) is -5.76. The molecule has 0 unspecified atom stereocenters. The minimum absolute atomic E-state index is 0.0688. The van der Waals surface area contributed by atoms with Gasteiger partial charge in [-0.1, -0.05) is 96.1 Å². The van der Waals surface area contributed by atoms with E-state index in [9.17, 15) is 24.3 Å². The van der Waals surface area contributed by atoms with Crippen LogP contribution in [0.3, 0.4) is 0 Å². The van der Waals surface area contributed by atoms with Gasteiger partial charge in [0.05, 0.1) is 12.8 Å². The van der Waals surface area contributed by atoms with Crippen LogP contribution in [0.2, 0.25) is 0 Å². The molecule has 0 aromatic carbocycles. The van der Waals surface area contributed by atoms with Crippen molar-refractivity contribution in [3.05, 3.63) is 12.2 Å². The fraction of sp³-hybridized carbons (Fsp3) is 0.786. The topological polar surface area (TPSA) is 138 Å². The molecule has 0 spiro atoms. The summed E-state index contributed by atoms with van der Waals surface area (Å²) in [5, 5.41) is 27.1. The summed E-state index contributed by atoms with van der Waals surface area (Å²) < 4.78 is 4.85. The lowest BCUT2D eigenvalue weighted by atomic mass is 9.95. The Kier molecular flexibility index (Phi) is 20.4. The van der Waals surface area contributed by atoms with Crippen molar-refractivity contribution >= 4 is 23.9 Å². The third-order valence-electron chi connectivity index (χ3n) is 6.22. The van der Waals surface area contributed by atoms with E-state index in [0.717, 1.165) is 32.1 Å². The zero-order valence-corrected chi connectivity index (χ0v) is 22.2. The van der Waals surface area contributed by atoms with Crippen LogP contribution in [0.25, 0.3) is 0 Å². The molecule has 0 bridgehead atoms. The van der Waals surface area contributed by atoms with Crippen molar-refractivity contribution in [2.75, 3.05) is 0 Å². The average Bonchev–Trinajstić information content (AvgIpc) is 2.79. The monoisotopic (exact) mass is 512 g/mol. The summed E-state index contributed by atoms with van der Waals surface area (Å²) in [7, 11) is 0. The molecule has 8 heteroatoms. The lowest BCUT2D eigenvalue weighted by Crippen LogP contribution is -2.47. The summed E-state index contributed by atoms with van der Waals surface area (Å²) in [6.07, 6.45) is 22.1. The maximum absolute atomic E-state index is 12.0. The van der Waals surface area contributed by atoms with Gasteiger partial charge in [-0.25, -0.2) is 4.79 Å². The van der Waals surface area contributed by atoms with E-state index >= 15 is 0 Å². The molecule has 0 saturated carbocycles. The van der Waals surface area contributed by atoms with Crippen LogP contribution in [0.15, 0.2) is 12.2 Å².